The number of anilines is 1. The number of hydrogen-bond acceptors (Lipinski definition) is 3. The summed E-state index contributed by atoms with van der Waals surface area (Å²) in [6.07, 6.45) is 0. The maximum Gasteiger partial charge on any atom is 0.264 e. The zero-order chi connectivity index (χ0) is 15.1. The summed E-state index contributed by atoms with van der Waals surface area (Å²) in [6.45, 7) is 1.83. The predicted octanol–water partition coefficient (Wildman–Crippen LogP) is 3.39. The number of hydrogen-bond donors (Lipinski definition) is 1. The minimum absolute atomic E-state index is 0.297. The fourth-order valence-electron chi connectivity index (χ4n) is 2.60. The van der Waals surface area contributed by atoms with Crippen molar-refractivity contribution in [1.82, 2.24) is 4.90 Å². The molecule has 1 unspecified atom stereocenters. The van der Waals surface area contributed by atoms with Crippen molar-refractivity contribution in [2.45, 2.75) is 13.0 Å². The molecule has 1 atom stereocenters. The van der Waals surface area contributed by atoms with Gasteiger partial charge in [-0.15, -0.1) is 0 Å². The van der Waals surface area contributed by atoms with E-state index in [9.17, 15) is 9.59 Å². The molecule has 0 saturated heterocycles. The van der Waals surface area contributed by atoms with Crippen molar-refractivity contribution < 1.29 is 9.59 Å². The Kier molecular flexibility index (Phi) is 3.29. The summed E-state index contributed by atoms with van der Waals surface area (Å²) in [4.78, 5) is 26.3. The average Bonchev–Trinajstić information content (AvgIpc) is 2.71. The van der Waals surface area contributed by atoms with Crippen LogP contribution in [0.1, 0.15) is 39.2 Å². The topological polar surface area (TPSA) is 63.4 Å². The first-order chi connectivity index (χ1) is 10.0. The van der Waals surface area contributed by atoms with E-state index in [1.807, 2.05) is 31.2 Å². The lowest BCUT2D eigenvalue weighted by Gasteiger charge is -2.23. The number of benzene rings is 2. The summed E-state index contributed by atoms with van der Waals surface area (Å²) < 4.78 is 0.906. The van der Waals surface area contributed by atoms with Crippen LogP contribution in [0.3, 0.4) is 0 Å². The maximum absolute atomic E-state index is 12.5. The van der Waals surface area contributed by atoms with Gasteiger partial charge in [-0.3, -0.25) is 14.5 Å². The Morgan fingerprint density at radius 3 is 2.48 bits per heavy atom. The minimum atomic E-state index is -0.353. The molecule has 1 heterocycles. The Balaban J connectivity index is 2.04. The summed E-state index contributed by atoms with van der Waals surface area (Å²) in [7, 11) is 0. The molecule has 0 fully saturated rings. The van der Waals surface area contributed by atoms with Crippen LogP contribution in [0, 0.1) is 0 Å². The standard InChI is InChI=1S/C16H13BrN2O2/c1-9(10-4-2-5-11(17)8-10)19-15(20)12-6-3-7-13(18)14(12)16(19)21/h2-9H,18H2,1H3. The van der Waals surface area contributed by atoms with Crippen molar-refractivity contribution in [2.24, 2.45) is 0 Å². The minimum Gasteiger partial charge on any atom is -0.398 e. The molecule has 2 aromatic rings. The van der Waals surface area contributed by atoms with Crippen molar-refractivity contribution in [2.75, 3.05) is 5.73 Å². The summed E-state index contributed by atoms with van der Waals surface area (Å²) in [5.41, 5.74) is 7.76. The molecule has 0 saturated carbocycles. The van der Waals surface area contributed by atoms with Gasteiger partial charge in [0, 0.05) is 10.2 Å². The Hall–Kier alpha value is -2.14. The molecule has 5 heteroatoms. The van der Waals surface area contributed by atoms with Gasteiger partial charge in [0.15, 0.2) is 0 Å². The third kappa shape index (κ3) is 2.14. The van der Waals surface area contributed by atoms with Gasteiger partial charge in [0.25, 0.3) is 11.8 Å². The van der Waals surface area contributed by atoms with Crippen molar-refractivity contribution in [1.29, 1.82) is 0 Å². The second kappa shape index (κ2) is 5.00. The lowest BCUT2D eigenvalue weighted by Crippen LogP contribution is -2.32. The van der Waals surface area contributed by atoms with Gasteiger partial charge in [0.05, 0.1) is 17.2 Å². The second-order valence-electron chi connectivity index (χ2n) is 4.98. The first-order valence-corrected chi connectivity index (χ1v) is 7.32. The molecule has 4 nitrogen and oxygen atoms in total. The Morgan fingerprint density at radius 1 is 1.10 bits per heavy atom. The molecule has 0 spiro atoms. The molecular formula is C16H13BrN2O2. The predicted molar refractivity (Wildman–Crippen MR) is 83.9 cm³/mol. The highest BCUT2D eigenvalue weighted by Gasteiger charge is 2.40. The Morgan fingerprint density at radius 2 is 1.81 bits per heavy atom. The number of rotatable bonds is 2. The second-order valence-corrected chi connectivity index (χ2v) is 5.90. The highest BCUT2D eigenvalue weighted by atomic mass is 79.9. The van der Waals surface area contributed by atoms with Crippen molar-refractivity contribution in [3.8, 4) is 0 Å². The summed E-state index contributed by atoms with van der Waals surface area (Å²) in [5.74, 6) is -0.629. The molecule has 0 radical (unpaired) electrons. The van der Waals surface area contributed by atoms with Gasteiger partial charge in [-0.05, 0) is 36.8 Å². The van der Waals surface area contributed by atoms with E-state index >= 15 is 0 Å². The summed E-state index contributed by atoms with van der Waals surface area (Å²) in [6, 6.07) is 12.2. The number of halogens is 1. The largest absolute Gasteiger partial charge is 0.398 e. The number of fused-ring (bicyclic) bond motifs is 1. The fourth-order valence-corrected chi connectivity index (χ4v) is 3.01. The van der Waals surface area contributed by atoms with Crippen LogP contribution in [-0.4, -0.2) is 16.7 Å². The SMILES string of the molecule is CC(c1cccc(Br)c1)N1C(=O)c2cccc(N)c2C1=O. The number of nitrogens with two attached hydrogens (primary N) is 1. The molecule has 0 aliphatic carbocycles. The van der Waals surface area contributed by atoms with E-state index < -0.39 is 0 Å². The van der Waals surface area contributed by atoms with E-state index in [0.29, 0.717) is 16.8 Å². The third-order valence-electron chi connectivity index (χ3n) is 3.70. The number of nitrogen functional groups attached to an aromatic ring is 1. The normalized spacial score (nSPS) is 15.2. The molecule has 0 aromatic heterocycles. The highest BCUT2D eigenvalue weighted by Crippen LogP contribution is 2.34. The lowest BCUT2D eigenvalue weighted by molar-refractivity contribution is 0.0595. The molecule has 21 heavy (non-hydrogen) atoms. The smallest absolute Gasteiger partial charge is 0.264 e. The molecular weight excluding hydrogens is 332 g/mol. The lowest BCUT2D eigenvalue weighted by atomic mass is 10.1. The monoisotopic (exact) mass is 344 g/mol. The van der Waals surface area contributed by atoms with E-state index in [-0.39, 0.29) is 17.9 Å². The maximum atomic E-state index is 12.5. The number of amides is 2. The van der Waals surface area contributed by atoms with Crippen LogP contribution in [0.4, 0.5) is 5.69 Å². The highest BCUT2D eigenvalue weighted by molar-refractivity contribution is 9.10. The van der Waals surface area contributed by atoms with Gasteiger partial charge in [0.1, 0.15) is 0 Å². The quantitative estimate of drug-likeness (QED) is 0.670. The Labute approximate surface area is 130 Å². The van der Waals surface area contributed by atoms with Gasteiger partial charge in [-0.2, -0.15) is 0 Å². The van der Waals surface area contributed by atoms with Crippen LogP contribution in [0.15, 0.2) is 46.9 Å². The van der Waals surface area contributed by atoms with Crippen LogP contribution in [0.5, 0.6) is 0 Å². The molecule has 2 amide bonds. The van der Waals surface area contributed by atoms with Crippen LogP contribution in [-0.2, 0) is 0 Å². The number of nitrogens with zero attached hydrogens (tertiary/aromatic N) is 1. The summed E-state index contributed by atoms with van der Waals surface area (Å²) >= 11 is 3.40. The van der Waals surface area contributed by atoms with Crippen LogP contribution < -0.4 is 5.73 Å². The zero-order valence-electron chi connectivity index (χ0n) is 11.3. The number of imide groups is 1. The van der Waals surface area contributed by atoms with Crippen molar-refractivity contribution in [3.63, 3.8) is 0 Å². The molecule has 0 bridgehead atoms. The molecule has 3 rings (SSSR count). The third-order valence-corrected chi connectivity index (χ3v) is 4.19. The van der Waals surface area contributed by atoms with Crippen molar-refractivity contribution >= 4 is 33.4 Å². The summed E-state index contributed by atoms with van der Waals surface area (Å²) in [5, 5.41) is 0. The van der Waals surface area contributed by atoms with Crippen LogP contribution in [0.2, 0.25) is 0 Å². The number of carbonyl (C=O) groups is 2. The van der Waals surface area contributed by atoms with Crippen LogP contribution >= 0.6 is 15.9 Å². The van der Waals surface area contributed by atoms with Crippen LogP contribution in [0.25, 0.3) is 0 Å². The zero-order valence-corrected chi connectivity index (χ0v) is 12.9. The van der Waals surface area contributed by atoms with E-state index in [0.717, 1.165) is 10.0 Å². The van der Waals surface area contributed by atoms with Gasteiger partial charge in [-0.1, -0.05) is 34.1 Å². The van der Waals surface area contributed by atoms with Gasteiger partial charge < -0.3 is 5.73 Å². The van der Waals surface area contributed by atoms with Crippen molar-refractivity contribution in [3.05, 3.63) is 63.6 Å². The van der Waals surface area contributed by atoms with E-state index in [4.69, 9.17) is 5.73 Å². The van der Waals surface area contributed by atoms with Gasteiger partial charge in [0.2, 0.25) is 0 Å². The van der Waals surface area contributed by atoms with E-state index in [1.165, 1.54) is 4.90 Å². The van der Waals surface area contributed by atoms with Gasteiger partial charge in [-0.25, -0.2) is 0 Å². The molecule has 2 N–H and O–H groups in total. The first kappa shape index (κ1) is 13.8. The number of carbonyl (C=O) groups excluding carboxylic acids is 2. The first-order valence-electron chi connectivity index (χ1n) is 6.52. The molecule has 1 aliphatic heterocycles. The van der Waals surface area contributed by atoms with E-state index in [2.05, 4.69) is 15.9 Å². The molecule has 2 aromatic carbocycles. The molecule has 1 aliphatic rings. The Bertz CT molecular complexity index is 758. The van der Waals surface area contributed by atoms with Gasteiger partial charge >= 0.3 is 0 Å². The van der Waals surface area contributed by atoms with E-state index in [1.54, 1.807) is 18.2 Å². The fraction of sp³-hybridized carbons (Fsp3) is 0.125. The average molecular weight is 345 g/mol. The molecule has 106 valence electrons.